The Kier molecular flexibility index (Phi) is 8.02. The third-order valence-electron chi connectivity index (χ3n) is 4.07. The molecule has 1 amide bonds. The number of ether oxygens (including phenoxy) is 2. The Morgan fingerprint density at radius 1 is 1.00 bits per heavy atom. The molecule has 1 unspecified atom stereocenters. The van der Waals surface area contributed by atoms with Gasteiger partial charge in [0.2, 0.25) is 0 Å². The number of amides is 1. The molecule has 0 spiro atoms. The van der Waals surface area contributed by atoms with Crippen LogP contribution in [0.4, 0.5) is 0 Å². The van der Waals surface area contributed by atoms with E-state index in [4.69, 9.17) is 21.1 Å². The summed E-state index contributed by atoms with van der Waals surface area (Å²) in [7, 11) is 0. The van der Waals surface area contributed by atoms with Crippen molar-refractivity contribution in [1.29, 1.82) is 0 Å². The normalized spacial score (nSPS) is 11.7. The lowest BCUT2D eigenvalue weighted by atomic mass is 10.2. The van der Waals surface area contributed by atoms with Crippen molar-refractivity contribution >= 4 is 52.3 Å². The molecule has 0 bridgehead atoms. The summed E-state index contributed by atoms with van der Waals surface area (Å²) in [5.41, 5.74) is 3.66. The lowest BCUT2D eigenvalue weighted by Gasteiger charge is -2.12. The van der Waals surface area contributed by atoms with Crippen LogP contribution in [0.1, 0.15) is 22.8 Å². The number of halogens is 2. The van der Waals surface area contributed by atoms with Gasteiger partial charge in [0.1, 0.15) is 11.5 Å². The number of hydrogen-bond donors (Lipinski definition) is 1. The van der Waals surface area contributed by atoms with Crippen LogP contribution in [-0.2, 0) is 4.79 Å². The summed E-state index contributed by atoms with van der Waals surface area (Å²) in [4.78, 5) is 24.4. The first kappa shape index (κ1) is 22.8. The van der Waals surface area contributed by atoms with Crippen molar-refractivity contribution < 1.29 is 19.1 Å². The van der Waals surface area contributed by atoms with Gasteiger partial charge in [0.25, 0.3) is 5.91 Å². The Balaban J connectivity index is 1.51. The topological polar surface area (TPSA) is 77.0 Å². The van der Waals surface area contributed by atoms with Crippen LogP contribution in [0.2, 0.25) is 5.02 Å². The van der Waals surface area contributed by atoms with Gasteiger partial charge in [-0.3, -0.25) is 4.79 Å². The summed E-state index contributed by atoms with van der Waals surface area (Å²) in [6.45, 7) is 1.62. The maximum absolute atomic E-state index is 12.3. The van der Waals surface area contributed by atoms with Gasteiger partial charge in [-0.15, -0.1) is 0 Å². The molecule has 0 saturated heterocycles. The van der Waals surface area contributed by atoms with E-state index in [1.54, 1.807) is 67.6 Å². The number of hydrogen-bond acceptors (Lipinski definition) is 5. The van der Waals surface area contributed by atoms with Crippen LogP contribution in [0, 0.1) is 3.57 Å². The minimum absolute atomic E-state index is 0.394. The molecule has 6 nitrogen and oxygen atoms in total. The second-order valence-corrected chi connectivity index (χ2v) is 7.99. The van der Waals surface area contributed by atoms with Gasteiger partial charge < -0.3 is 9.47 Å². The van der Waals surface area contributed by atoms with Crippen molar-refractivity contribution in [3.05, 3.63) is 92.5 Å². The number of carbonyl (C=O) groups is 2. The molecular formula is C23H18ClIN2O4. The second kappa shape index (κ2) is 10.9. The van der Waals surface area contributed by atoms with Crippen molar-refractivity contribution in [2.24, 2.45) is 5.10 Å². The van der Waals surface area contributed by atoms with Gasteiger partial charge in [0.05, 0.1) is 11.8 Å². The Morgan fingerprint density at radius 2 is 1.65 bits per heavy atom. The van der Waals surface area contributed by atoms with Gasteiger partial charge in [-0.2, -0.15) is 5.10 Å². The van der Waals surface area contributed by atoms with E-state index < -0.39 is 18.0 Å². The van der Waals surface area contributed by atoms with E-state index in [0.29, 0.717) is 22.1 Å². The van der Waals surface area contributed by atoms with Gasteiger partial charge in [0, 0.05) is 8.59 Å². The SMILES string of the molecule is CC(Oc1ccc(Cl)cc1)C(=O)NN=Cc1ccc(OC(=O)c2ccccc2I)cc1. The summed E-state index contributed by atoms with van der Waals surface area (Å²) >= 11 is 7.92. The maximum atomic E-state index is 12.3. The van der Waals surface area contributed by atoms with Crippen molar-refractivity contribution in [1.82, 2.24) is 5.43 Å². The lowest BCUT2D eigenvalue weighted by Crippen LogP contribution is -2.33. The van der Waals surface area contributed by atoms with E-state index in [9.17, 15) is 9.59 Å². The molecule has 0 aromatic heterocycles. The van der Waals surface area contributed by atoms with Gasteiger partial charge in [-0.25, -0.2) is 10.2 Å². The molecule has 0 fully saturated rings. The highest BCUT2D eigenvalue weighted by atomic mass is 127. The smallest absolute Gasteiger partial charge is 0.344 e. The van der Waals surface area contributed by atoms with Crippen LogP contribution < -0.4 is 14.9 Å². The number of rotatable bonds is 7. The highest BCUT2D eigenvalue weighted by molar-refractivity contribution is 14.1. The minimum Gasteiger partial charge on any atom is -0.481 e. The summed E-state index contributed by atoms with van der Waals surface area (Å²) in [6, 6.07) is 20.7. The molecule has 3 aromatic rings. The number of benzene rings is 3. The van der Waals surface area contributed by atoms with Crippen molar-refractivity contribution in [2.75, 3.05) is 0 Å². The van der Waals surface area contributed by atoms with E-state index in [2.05, 4.69) is 33.1 Å². The fourth-order valence-corrected chi connectivity index (χ4v) is 3.18. The predicted octanol–water partition coefficient (Wildman–Crippen LogP) is 5.08. The zero-order valence-electron chi connectivity index (χ0n) is 16.4. The summed E-state index contributed by atoms with van der Waals surface area (Å²) in [6.07, 6.45) is 0.749. The molecule has 0 heterocycles. The van der Waals surface area contributed by atoms with Gasteiger partial charge in [0.15, 0.2) is 6.10 Å². The first-order valence-corrected chi connectivity index (χ1v) is 10.7. The van der Waals surface area contributed by atoms with Gasteiger partial charge >= 0.3 is 5.97 Å². The first-order valence-electron chi connectivity index (χ1n) is 9.24. The quantitative estimate of drug-likeness (QED) is 0.147. The van der Waals surface area contributed by atoms with Crippen molar-refractivity contribution in [3.63, 3.8) is 0 Å². The number of nitrogens with zero attached hydrogens (tertiary/aromatic N) is 1. The average molecular weight is 549 g/mol. The third-order valence-corrected chi connectivity index (χ3v) is 5.26. The molecule has 31 heavy (non-hydrogen) atoms. The molecule has 3 aromatic carbocycles. The zero-order valence-corrected chi connectivity index (χ0v) is 19.3. The summed E-state index contributed by atoms with van der Waals surface area (Å²) < 4.78 is 11.7. The molecule has 8 heteroatoms. The Hall–Kier alpha value is -2.91. The van der Waals surface area contributed by atoms with E-state index >= 15 is 0 Å². The number of nitrogens with one attached hydrogen (secondary N) is 1. The van der Waals surface area contributed by atoms with Crippen molar-refractivity contribution in [3.8, 4) is 11.5 Å². The third kappa shape index (κ3) is 6.80. The molecule has 0 radical (unpaired) electrons. The fraction of sp³-hybridized carbons (Fsp3) is 0.0870. The standard InChI is InChI=1S/C23H18ClIN2O4/c1-15(30-18-12-8-17(24)9-13-18)22(28)27-26-14-16-6-10-19(11-7-16)31-23(29)20-4-2-3-5-21(20)25/h2-15H,1H3,(H,27,28). The number of hydrazone groups is 1. The van der Waals surface area contributed by atoms with Crippen LogP contribution in [-0.4, -0.2) is 24.2 Å². The lowest BCUT2D eigenvalue weighted by molar-refractivity contribution is -0.127. The van der Waals surface area contributed by atoms with Gasteiger partial charge in [-0.1, -0.05) is 23.7 Å². The Morgan fingerprint density at radius 3 is 2.32 bits per heavy atom. The Labute approximate surface area is 198 Å². The van der Waals surface area contributed by atoms with Crippen LogP contribution in [0.3, 0.4) is 0 Å². The molecular weight excluding hydrogens is 531 g/mol. The van der Waals surface area contributed by atoms with E-state index in [1.807, 2.05) is 12.1 Å². The van der Waals surface area contributed by atoms with Crippen molar-refractivity contribution in [2.45, 2.75) is 13.0 Å². The summed E-state index contributed by atoms with van der Waals surface area (Å²) in [5.74, 6) is 0.129. The largest absolute Gasteiger partial charge is 0.481 e. The number of carbonyl (C=O) groups excluding carboxylic acids is 2. The zero-order chi connectivity index (χ0) is 22.2. The fourth-order valence-electron chi connectivity index (χ4n) is 2.44. The number of esters is 1. The molecule has 1 N–H and O–H groups in total. The predicted molar refractivity (Wildman–Crippen MR) is 128 cm³/mol. The molecule has 0 aliphatic heterocycles. The molecule has 0 aliphatic rings. The van der Waals surface area contributed by atoms with Crippen LogP contribution in [0.25, 0.3) is 0 Å². The van der Waals surface area contributed by atoms with E-state index in [0.717, 1.165) is 9.13 Å². The summed E-state index contributed by atoms with van der Waals surface area (Å²) in [5, 5.41) is 4.52. The van der Waals surface area contributed by atoms with E-state index in [1.165, 1.54) is 6.21 Å². The van der Waals surface area contributed by atoms with Crippen LogP contribution in [0.15, 0.2) is 77.9 Å². The van der Waals surface area contributed by atoms with Crippen LogP contribution in [0.5, 0.6) is 11.5 Å². The van der Waals surface area contributed by atoms with Crippen LogP contribution >= 0.6 is 34.2 Å². The molecule has 1 atom stereocenters. The molecule has 0 aliphatic carbocycles. The minimum atomic E-state index is -0.735. The van der Waals surface area contributed by atoms with Gasteiger partial charge in [-0.05, 0) is 95.7 Å². The maximum Gasteiger partial charge on any atom is 0.344 e. The molecule has 158 valence electrons. The molecule has 3 rings (SSSR count). The first-order chi connectivity index (χ1) is 14.9. The van der Waals surface area contributed by atoms with E-state index in [-0.39, 0.29) is 0 Å². The Bertz CT molecular complexity index is 1090. The average Bonchev–Trinajstić information content (AvgIpc) is 2.76. The molecule has 0 saturated carbocycles. The second-order valence-electron chi connectivity index (χ2n) is 6.39. The highest BCUT2D eigenvalue weighted by Crippen LogP contribution is 2.18. The monoisotopic (exact) mass is 548 g/mol. The highest BCUT2D eigenvalue weighted by Gasteiger charge is 2.14.